The molecule has 0 aliphatic heterocycles. The van der Waals surface area contributed by atoms with Gasteiger partial charge in [0.1, 0.15) is 17.9 Å². The van der Waals surface area contributed by atoms with Gasteiger partial charge < -0.3 is 4.74 Å². The lowest BCUT2D eigenvalue weighted by molar-refractivity contribution is -0.122. The molecule has 0 atom stereocenters. The Morgan fingerprint density at radius 2 is 2.13 bits per heavy atom. The van der Waals surface area contributed by atoms with E-state index in [9.17, 15) is 4.79 Å². The Kier molecular flexibility index (Phi) is 4.45. The average molecular weight is 380 g/mol. The fourth-order valence-corrected chi connectivity index (χ4v) is 3.11. The number of aromatic nitrogens is 3. The van der Waals surface area contributed by atoms with Gasteiger partial charge in [0, 0.05) is 13.0 Å². The standard InChI is InChI=1S/C17H22BrN3O2/c1-17(2,3)8-12(22)10-23-14-7-6-13-16(15(14)18)19-20-21(13)9-11-4-5-11/h6-7,11H,4-5,8-10H2,1-3H3. The Balaban J connectivity index is 1.72. The molecular formula is C17H22BrN3O2. The van der Waals surface area contributed by atoms with Crippen molar-refractivity contribution in [2.45, 2.75) is 46.6 Å². The highest BCUT2D eigenvalue weighted by atomic mass is 79.9. The Labute approximate surface area is 144 Å². The number of hydrogen-bond donors (Lipinski definition) is 0. The first-order valence-electron chi connectivity index (χ1n) is 8.00. The summed E-state index contributed by atoms with van der Waals surface area (Å²) in [5.74, 6) is 1.48. The van der Waals surface area contributed by atoms with E-state index in [-0.39, 0.29) is 17.8 Å². The van der Waals surface area contributed by atoms with Crippen molar-refractivity contribution in [1.29, 1.82) is 0 Å². The van der Waals surface area contributed by atoms with Gasteiger partial charge in [0.2, 0.25) is 0 Å². The number of carbonyl (C=O) groups is 1. The van der Waals surface area contributed by atoms with Crippen LogP contribution in [0.1, 0.15) is 40.0 Å². The lowest BCUT2D eigenvalue weighted by Gasteiger charge is -2.17. The summed E-state index contributed by atoms with van der Waals surface area (Å²) in [4.78, 5) is 12.0. The first-order valence-corrected chi connectivity index (χ1v) is 8.79. The number of halogens is 1. The highest BCUT2D eigenvalue weighted by Crippen LogP contribution is 2.35. The van der Waals surface area contributed by atoms with Crippen molar-refractivity contribution in [2.24, 2.45) is 11.3 Å². The third kappa shape index (κ3) is 4.10. The third-order valence-corrected chi connectivity index (χ3v) is 4.60. The van der Waals surface area contributed by atoms with Gasteiger partial charge in [0.15, 0.2) is 5.78 Å². The Morgan fingerprint density at radius 1 is 1.39 bits per heavy atom. The molecule has 1 heterocycles. The third-order valence-electron chi connectivity index (χ3n) is 3.83. The quantitative estimate of drug-likeness (QED) is 0.761. The molecular weight excluding hydrogens is 358 g/mol. The van der Waals surface area contributed by atoms with E-state index in [0.717, 1.165) is 28.0 Å². The van der Waals surface area contributed by atoms with Crippen molar-refractivity contribution in [3.8, 4) is 5.75 Å². The van der Waals surface area contributed by atoms with Crippen molar-refractivity contribution in [2.75, 3.05) is 6.61 Å². The maximum Gasteiger partial charge on any atom is 0.170 e. The number of Topliss-reactive ketones (excluding diaryl/α,β-unsaturated/α-hetero) is 1. The van der Waals surface area contributed by atoms with Gasteiger partial charge in [-0.3, -0.25) is 4.79 Å². The van der Waals surface area contributed by atoms with E-state index in [1.807, 2.05) is 37.6 Å². The van der Waals surface area contributed by atoms with Crippen molar-refractivity contribution >= 4 is 32.7 Å². The SMILES string of the molecule is CC(C)(C)CC(=O)COc1ccc2c(nnn2CC2CC2)c1Br. The lowest BCUT2D eigenvalue weighted by Crippen LogP contribution is -2.19. The van der Waals surface area contributed by atoms with Crippen molar-refractivity contribution < 1.29 is 9.53 Å². The number of ether oxygens (including phenoxy) is 1. The van der Waals surface area contributed by atoms with Crippen LogP contribution in [0.3, 0.4) is 0 Å². The van der Waals surface area contributed by atoms with Crippen LogP contribution in [-0.4, -0.2) is 27.4 Å². The zero-order chi connectivity index (χ0) is 16.6. The van der Waals surface area contributed by atoms with Crippen LogP contribution >= 0.6 is 15.9 Å². The second-order valence-electron chi connectivity index (χ2n) is 7.53. The summed E-state index contributed by atoms with van der Waals surface area (Å²) < 4.78 is 8.40. The Hall–Kier alpha value is -1.43. The van der Waals surface area contributed by atoms with Crippen LogP contribution in [0.5, 0.6) is 5.75 Å². The highest BCUT2D eigenvalue weighted by Gasteiger charge is 2.24. The number of nitrogens with zero attached hydrogens (tertiary/aromatic N) is 3. The van der Waals surface area contributed by atoms with E-state index in [1.54, 1.807) is 0 Å². The van der Waals surface area contributed by atoms with Gasteiger partial charge in [-0.25, -0.2) is 4.68 Å². The van der Waals surface area contributed by atoms with Gasteiger partial charge in [-0.15, -0.1) is 5.10 Å². The smallest absolute Gasteiger partial charge is 0.170 e. The minimum atomic E-state index is -0.0207. The second kappa shape index (κ2) is 6.23. The lowest BCUT2D eigenvalue weighted by atomic mass is 9.90. The van der Waals surface area contributed by atoms with E-state index in [1.165, 1.54) is 12.8 Å². The van der Waals surface area contributed by atoms with E-state index in [2.05, 4.69) is 26.2 Å². The van der Waals surface area contributed by atoms with E-state index >= 15 is 0 Å². The van der Waals surface area contributed by atoms with Crippen molar-refractivity contribution in [1.82, 2.24) is 15.0 Å². The predicted molar refractivity (Wildman–Crippen MR) is 92.5 cm³/mol. The normalized spacial score (nSPS) is 15.1. The molecule has 1 aliphatic rings. The molecule has 0 bridgehead atoms. The van der Waals surface area contributed by atoms with Gasteiger partial charge in [0.25, 0.3) is 0 Å². The van der Waals surface area contributed by atoms with Gasteiger partial charge in [-0.05, 0) is 52.2 Å². The molecule has 0 N–H and O–H groups in total. The first-order chi connectivity index (χ1) is 10.8. The van der Waals surface area contributed by atoms with Crippen LogP contribution in [0.25, 0.3) is 11.0 Å². The fraction of sp³-hybridized carbons (Fsp3) is 0.588. The zero-order valence-electron chi connectivity index (χ0n) is 13.8. The Bertz CT molecular complexity index is 729. The highest BCUT2D eigenvalue weighted by molar-refractivity contribution is 9.10. The monoisotopic (exact) mass is 379 g/mol. The molecule has 1 aromatic heterocycles. The largest absolute Gasteiger partial charge is 0.485 e. The second-order valence-corrected chi connectivity index (χ2v) is 8.32. The van der Waals surface area contributed by atoms with Gasteiger partial charge in [0.05, 0.1) is 9.99 Å². The summed E-state index contributed by atoms with van der Waals surface area (Å²) in [6.45, 7) is 7.14. The van der Waals surface area contributed by atoms with Crippen molar-refractivity contribution in [3.05, 3.63) is 16.6 Å². The number of fused-ring (bicyclic) bond motifs is 1. The van der Waals surface area contributed by atoms with Gasteiger partial charge >= 0.3 is 0 Å². The molecule has 2 aromatic rings. The minimum absolute atomic E-state index is 0.0207. The molecule has 23 heavy (non-hydrogen) atoms. The maximum absolute atomic E-state index is 12.0. The number of carbonyl (C=O) groups excluding carboxylic acids is 1. The molecule has 0 amide bonds. The summed E-state index contributed by atoms with van der Waals surface area (Å²) >= 11 is 3.54. The molecule has 3 rings (SSSR count). The molecule has 6 heteroatoms. The maximum atomic E-state index is 12.0. The topological polar surface area (TPSA) is 57.0 Å². The van der Waals surface area contributed by atoms with E-state index in [0.29, 0.717) is 12.2 Å². The van der Waals surface area contributed by atoms with Crippen LogP contribution in [0.2, 0.25) is 0 Å². The molecule has 1 aromatic carbocycles. The van der Waals surface area contributed by atoms with Gasteiger partial charge in [-0.2, -0.15) is 0 Å². The molecule has 5 nitrogen and oxygen atoms in total. The Morgan fingerprint density at radius 3 is 2.78 bits per heavy atom. The molecule has 1 aliphatic carbocycles. The number of rotatable bonds is 6. The van der Waals surface area contributed by atoms with E-state index < -0.39 is 0 Å². The number of ketones is 1. The summed E-state index contributed by atoms with van der Waals surface area (Å²) in [7, 11) is 0. The number of hydrogen-bond acceptors (Lipinski definition) is 4. The van der Waals surface area contributed by atoms with Crippen LogP contribution < -0.4 is 4.74 Å². The summed E-state index contributed by atoms with van der Waals surface area (Å²) in [6, 6.07) is 3.84. The summed E-state index contributed by atoms with van der Waals surface area (Å²) in [6.07, 6.45) is 3.06. The van der Waals surface area contributed by atoms with Crippen molar-refractivity contribution in [3.63, 3.8) is 0 Å². The van der Waals surface area contributed by atoms with E-state index in [4.69, 9.17) is 4.74 Å². The number of benzene rings is 1. The predicted octanol–water partition coefficient (Wildman–Crippen LogP) is 3.99. The molecule has 0 saturated heterocycles. The minimum Gasteiger partial charge on any atom is -0.485 e. The summed E-state index contributed by atoms with van der Waals surface area (Å²) in [5.41, 5.74) is 1.76. The molecule has 1 fully saturated rings. The first kappa shape index (κ1) is 16.4. The average Bonchev–Trinajstić information content (AvgIpc) is 3.16. The molecule has 0 unspecified atom stereocenters. The molecule has 0 spiro atoms. The van der Waals surface area contributed by atoms with Gasteiger partial charge in [-0.1, -0.05) is 26.0 Å². The molecule has 1 saturated carbocycles. The zero-order valence-corrected chi connectivity index (χ0v) is 15.4. The summed E-state index contributed by atoms with van der Waals surface area (Å²) in [5, 5.41) is 8.48. The van der Waals surface area contributed by atoms with Crippen LogP contribution in [0.4, 0.5) is 0 Å². The molecule has 124 valence electrons. The fourth-order valence-electron chi connectivity index (χ4n) is 2.58. The molecule has 0 radical (unpaired) electrons. The van der Waals surface area contributed by atoms with Crippen LogP contribution in [0.15, 0.2) is 16.6 Å². The van der Waals surface area contributed by atoms with Crippen LogP contribution in [-0.2, 0) is 11.3 Å². The van der Waals surface area contributed by atoms with Crippen LogP contribution in [0, 0.1) is 11.3 Å².